The molecule has 5 heteroatoms. The van der Waals surface area contributed by atoms with E-state index >= 15 is 0 Å². The molecule has 0 unspecified atom stereocenters. The Kier molecular flexibility index (Phi) is 6.37. The Labute approximate surface area is 142 Å². The van der Waals surface area contributed by atoms with Crippen molar-refractivity contribution in [1.29, 1.82) is 0 Å². The lowest BCUT2D eigenvalue weighted by Gasteiger charge is -2.18. The number of anilines is 3. The monoisotopic (exact) mass is 325 g/mol. The molecule has 126 valence electrons. The molecule has 2 N–H and O–H groups in total. The van der Waals surface area contributed by atoms with Gasteiger partial charge in [0.2, 0.25) is 11.8 Å². The van der Waals surface area contributed by atoms with Gasteiger partial charge >= 0.3 is 0 Å². The van der Waals surface area contributed by atoms with Crippen molar-refractivity contribution in [1.82, 2.24) is 0 Å². The molecule has 0 heterocycles. The highest BCUT2D eigenvalue weighted by Gasteiger charge is 2.10. The lowest BCUT2D eigenvalue weighted by atomic mass is 10.2. The van der Waals surface area contributed by atoms with E-state index in [1.54, 1.807) is 11.9 Å². The number of hydrogen-bond acceptors (Lipinski definition) is 3. The number of para-hydroxylation sites is 1. The number of hydrogen-bond donors (Lipinski definition) is 2. The fraction of sp³-hybridized carbons (Fsp3) is 0.263. The third kappa shape index (κ3) is 5.12. The van der Waals surface area contributed by atoms with Crippen LogP contribution in [0.1, 0.15) is 19.8 Å². The van der Waals surface area contributed by atoms with Crippen molar-refractivity contribution in [2.75, 3.05) is 29.1 Å². The molecule has 2 aromatic rings. The number of carbonyl (C=O) groups excluding carboxylic acids is 2. The summed E-state index contributed by atoms with van der Waals surface area (Å²) in [4.78, 5) is 25.4. The lowest BCUT2D eigenvalue weighted by Crippen LogP contribution is -2.32. The molecule has 0 saturated heterocycles. The quantitative estimate of drug-likeness (QED) is 0.819. The number of benzene rings is 2. The van der Waals surface area contributed by atoms with E-state index in [1.165, 1.54) is 0 Å². The molecular weight excluding hydrogens is 302 g/mol. The Balaban J connectivity index is 1.85. The molecule has 5 nitrogen and oxygen atoms in total. The van der Waals surface area contributed by atoms with Crippen LogP contribution in [-0.2, 0) is 9.59 Å². The summed E-state index contributed by atoms with van der Waals surface area (Å²) in [5.74, 6) is -0.0144. The minimum absolute atomic E-state index is 0.0119. The second kappa shape index (κ2) is 8.72. The van der Waals surface area contributed by atoms with Crippen LogP contribution < -0.4 is 15.5 Å². The third-order valence-electron chi connectivity index (χ3n) is 3.61. The minimum atomic E-state index is -0.0264. The molecule has 0 aliphatic rings. The molecule has 2 amide bonds. The SMILES string of the molecule is CCCC(=O)Nc1ccc(NCC(=O)N(C)c2ccccc2)cc1. The van der Waals surface area contributed by atoms with Crippen LogP contribution in [0.25, 0.3) is 0 Å². The molecule has 0 fully saturated rings. The van der Waals surface area contributed by atoms with Crippen molar-refractivity contribution >= 4 is 28.9 Å². The first-order valence-electron chi connectivity index (χ1n) is 8.05. The van der Waals surface area contributed by atoms with Crippen LogP contribution in [0.15, 0.2) is 54.6 Å². The first kappa shape index (κ1) is 17.5. The fourth-order valence-electron chi connectivity index (χ4n) is 2.21. The normalized spacial score (nSPS) is 10.1. The van der Waals surface area contributed by atoms with Gasteiger partial charge in [-0.15, -0.1) is 0 Å². The Morgan fingerprint density at radius 1 is 0.958 bits per heavy atom. The Bertz CT molecular complexity index is 669. The number of carbonyl (C=O) groups is 2. The summed E-state index contributed by atoms with van der Waals surface area (Å²) < 4.78 is 0. The summed E-state index contributed by atoms with van der Waals surface area (Å²) in [6.45, 7) is 2.17. The van der Waals surface area contributed by atoms with Crippen molar-refractivity contribution < 1.29 is 9.59 Å². The maximum absolute atomic E-state index is 12.2. The smallest absolute Gasteiger partial charge is 0.246 e. The number of amides is 2. The van der Waals surface area contributed by atoms with Crippen LogP contribution in [0.3, 0.4) is 0 Å². The molecule has 2 aromatic carbocycles. The van der Waals surface area contributed by atoms with E-state index in [0.29, 0.717) is 6.42 Å². The maximum atomic E-state index is 12.2. The highest BCUT2D eigenvalue weighted by molar-refractivity contribution is 5.95. The van der Waals surface area contributed by atoms with Gasteiger partial charge in [0.15, 0.2) is 0 Å². The Hall–Kier alpha value is -2.82. The van der Waals surface area contributed by atoms with E-state index in [-0.39, 0.29) is 18.4 Å². The van der Waals surface area contributed by atoms with E-state index in [9.17, 15) is 9.59 Å². The van der Waals surface area contributed by atoms with Gasteiger partial charge in [0, 0.05) is 30.5 Å². The van der Waals surface area contributed by atoms with Crippen molar-refractivity contribution in [3.05, 3.63) is 54.6 Å². The summed E-state index contributed by atoms with van der Waals surface area (Å²) in [7, 11) is 1.76. The molecule has 0 spiro atoms. The summed E-state index contributed by atoms with van der Waals surface area (Å²) in [5.41, 5.74) is 2.45. The number of nitrogens with one attached hydrogen (secondary N) is 2. The van der Waals surface area contributed by atoms with E-state index in [4.69, 9.17) is 0 Å². The standard InChI is InChI=1S/C19H23N3O2/c1-3-7-18(23)21-16-12-10-15(11-13-16)20-14-19(24)22(2)17-8-5-4-6-9-17/h4-6,8-13,20H,3,7,14H2,1-2H3,(H,21,23). The predicted molar refractivity (Wildman–Crippen MR) is 98.3 cm³/mol. The van der Waals surface area contributed by atoms with E-state index in [1.807, 2.05) is 61.5 Å². The van der Waals surface area contributed by atoms with Gasteiger partial charge in [0.25, 0.3) is 0 Å². The van der Waals surface area contributed by atoms with Crippen molar-refractivity contribution in [3.8, 4) is 0 Å². The molecule has 0 aliphatic carbocycles. The fourth-order valence-corrected chi connectivity index (χ4v) is 2.21. The number of likely N-dealkylation sites (N-methyl/N-ethyl adjacent to an activating group) is 1. The molecular formula is C19H23N3O2. The van der Waals surface area contributed by atoms with Crippen molar-refractivity contribution in [2.45, 2.75) is 19.8 Å². The number of nitrogens with zero attached hydrogens (tertiary/aromatic N) is 1. The first-order chi connectivity index (χ1) is 11.6. The summed E-state index contributed by atoms with van der Waals surface area (Å²) in [6.07, 6.45) is 1.34. The second-order valence-electron chi connectivity index (χ2n) is 5.52. The molecule has 0 radical (unpaired) electrons. The molecule has 0 saturated carbocycles. The van der Waals surface area contributed by atoms with Gasteiger partial charge in [-0.3, -0.25) is 9.59 Å². The molecule has 0 atom stereocenters. The summed E-state index contributed by atoms with van der Waals surface area (Å²) in [6, 6.07) is 16.8. The van der Waals surface area contributed by atoms with E-state index < -0.39 is 0 Å². The molecule has 0 bridgehead atoms. The Morgan fingerprint density at radius 3 is 2.21 bits per heavy atom. The zero-order valence-corrected chi connectivity index (χ0v) is 14.1. The van der Waals surface area contributed by atoms with Crippen LogP contribution >= 0.6 is 0 Å². The number of rotatable bonds is 7. The molecule has 2 rings (SSSR count). The minimum Gasteiger partial charge on any atom is -0.376 e. The van der Waals surface area contributed by atoms with Crippen LogP contribution in [0, 0.1) is 0 Å². The van der Waals surface area contributed by atoms with Gasteiger partial charge < -0.3 is 15.5 Å². The largest absolute Gasteiger partial charge is 0.376 e. The van der Waals surface area contributed by atoms with Crippen LogP contribution in [-0.4, -0.2) is 25.4 Å². The molecule has 0 aromatic heterocycles. The second-order valence-corrected chi connectivity index (χ2v) is 5.52. The highest BCUT2D eigenvalue weighted by Crippen LogP contribution is 2.15. The maximum Gasteiger partial charge on any atom is 0.246 e. The predicted octanol–water partition coefficient (Wildman–Crippen LogP) is 3.50. The average Bonchev–Trinajstić information content (AvgIpc) is 2.61. The highest BCUT2D eigenvalue weighted by atomic mass is 16.2. The lowest BCUT2D eigenvalue weighted by molar-refractivity contribution is -0.117. The van der Waals surface area contributed by atoms with Gasteiger partial charge in [0.05, 0.1) is 6.54 Å². The van der Waals surface area contributed by atoms with Crippen LogP contribution in [0.5, 0.6) is 0 Å². The van der Waals surface area contributed by atoms with Gasteiger partial charge in [-0.25, -0.2) is 0 Å². The van der Waals surface area contributed by atoms with Gasteiger partial charge in [0.1, 0.15) is 0 Å². The average molecular weight is 325 g/mol. The van der Waals surface area contributed by atoms with Gasteiger partial charge in [-0.1, -0.05) is 25.1 Å². The summed E-state index contributed by atoms with van der Waals surface area (Å²) in [5, 5.41) is 5.93. The third-order valence-corrected chi connectivity index (χ3v) is 3.61. The summed E-state index contributed by atoms with van der Waals surface area (Å²) >= 11 is 0. The zero-order chi connectivity index (χ0) is 17.4. The van der Waals surface area contributed by atoms with Gasteiger partial charge in [-0.2, -0.15) is 0 Å². The van der Waals surface area contributed by atoms with Gasteiger partial charge in [-0.05, 0) is 42.8 Å². The van der Waals surface area contributed by atoms with E-state index in [0.717, 1.165) is 23.5 Å². The van der Waals surface area contributed by atoms with Crippen LogP contribution in [0.4, 0.5) is 17.1 Å². The first-order valence-corrected chi connectivity index (χ1v) is 8.05. The Morgan fingerprint density at radius 2 is 1.58 bits per heavy atom. The van der Waals surface area contributed by atoms with Crippen LogP contribution in [0.2, 0.25) is 0 Å². The molecule has 24 heavy (non-hydrogen) atoms. The van der Waals surface area contributed by atoms with E-state index in [2.05, 4.69) is 10.6 Å². The molecule has 0 aliphatic heterocycles. The zero-order valence-electron chi connectivity index (χ0n) is 14.1. The van der Waals surface area contributed by atoms with Crippen molar-refractivity contribution in [3.63, 3.8) is 0 Å². The van der Waals surface area contributed by atoms with Crippen molar-refractivity contribution in [2.24, 2.45) is 0 Å². The topological polar surface area (TPSA) is 61.4 Å².